The monoisotopic (exact) mass is 384 g/mol. The molecule has 2 aromatic rings. The molecule has 0 atom stereocenters. The zero-order valence-corrected chi connectivity index (χ0v) is 16.2. The molecule has 3 heterocycles. The average molecular weight is 384 g/mol. The largest absolute Gasteiger partial charge is 0.307 e. The van der Waals surface area contributed by atoms with Crippen molar-refractivity contribution in [3.05, 3.63) is 46.1 Å². The van der Waals surface area contributed by atoms with Gasteiger partial charge >= 0.3 is 0 Å². The molecule has 2 aliphatic rings. The van der Waals surface area contributed by atoms with Crippen LogP contribution in [0.15, 0.2) is 18.2 Å². The van der Waals surface area contributed by atoms with Crippen molar-refractivity contribution in [2.24, 2.45) is 13.0 Å². The highest BCUT2D eigenvalue weighted by Crippen LogP contribution is 2.34. The van der Waals surface area contributed by atoms with Gasteiger partial charge in [-0.15, -0.1) is 0 Å². The van der Waals surface area contributed by atoms with Gasteiger partial charge in [0.1, 0.15) is 5.82 Å². The van der Waals surface area contributed by atoms with Gasteiger partial charge < -0.3 is 5.32 Å². The number of fused-ring (bicyclic) bond motifs is 2. The van der Waals surface area contributed by atoms with Crippen LogP contribution in [-0.4, -0.2) is 38.9 Å². The van der Waals surface area contributed by atoms with E-state index in [0.29, 0.717) is 29.1 Å². The normalized spacial score (nSPS) is 15.5. The van der Waals surface area contributed by atoms with Crippen LogP contribution in [0.3, 0.4) is 0 Å². The van der Waals surface area contributed by atoms with Crippen molar-refractivity contribution in [1.29, 1.82) is 0 Å². The Labute approximate surface area is 161 Å². The first-order valence-corrected chi connectivity index (χ1v) is 9.96. The molecule has 1 N–H and O–H groups in total. The summed E-state index contributed by atoms with van der Waals surface area (Å²) in [5.74, 6) is 1.58. The zero-order chi connectivity index (χ0) is 19.3. The van der Waals surface area contributed by atoms with E-state index in [1.165, 1.54) is 11.0 Å². The molecule has 0 aliphatic carbocycles. The van der Waals surface area contributed by atoms with Crippen LogP contribution in [0.25, 0.3) is 0 Å². The third kappa shape index (κ3) is 2.93. The van der Waals surface area contributed by atoms with Gasteiger partial charge in [0.15, 0.2) is 0 Å². The van der Waals surface area contributed by atoms with Crippen LogP contribution < -0.4 is 5.32 Å². The fraction of sp³-hybridized carbons (Fsp3) is 0.368. The zero-order valence-electron chi connectivity index (χ0n) is 15.4. The van der Waals surface area contributed by atoms with Crippen LogP contribution in [0.1, 0.15) is 56.2 Å². The van der Waals surface area contributed by atoms with Crippen LogP contribution >= 0.6 is 11.8 Å². The molecule has 0 spiro atoms. The highest BCUT2D eigenvalue weighted by atomic mass is 32.2. The minimum Gasteiger partial charge on any atom is -0.307 e. The van der Waals surface area contributed by atoms with Crippen LogP contribution in [-0.2, 0) is 18.6 Å². The van der Waals surface area contributed by atoms with E-state index in [9.17, 15) is 14.4 Å². The Balaban J connectivity index is 1.60. The summed E-state index contributed by atoms with van der Waals surface area (Å²) in [6.45, 7) is 4.27. The Bertz CT molecular complexity index is 980. The summed E-state index contributed by atoms with van der Waals surface area (Å²) in [6, 6.07) is 4.66. The number of benzene rings is 1. The van der Waals surface area contributed by atoms with Gasteiger partial charge in [-0.1, -0.05) is 13.8 Å². The molecule has 8 heteroatoms. The second kappa shape index (κ2) is 6.53. The summed E-state index contributed by atoms with van der Waals surface area (Å²) < 4.78 is 1.68. The molecule has 1 aromatic carbocycles. The van der Waals surface area contributed by atoms with Crippen LogP contribution in [0.4, 0.5) is 5.82 Å². The molecule has 4 rings (SSSR count). The standard InChI is InChI=1S/C19H20N4O3S/c1-10(2)7-23-18(25)12-5-4-11(6-13(12)19(23)26)17(24)20-16-14-8-27-9-15(14)21-22(16)3/h4-6,10H,7-9H2,1-3H3,(H,20,24). The van der Waals surface area contributed by atoms with Gasteiger partial charge in [-0.25, -0.2) is 0 Å². The highest BCUT2D eigenvalue weighted by Gasteiger charge is 2.36. The fourth-order valence-corrected chi connectivity index (χ4v) is 4.47. The number of aromatic nitrogens is 2. The lowest BCUT2D eigenvalue weighted by Crippen LogP contribution is -2.33. The number of nitrogens with zero attached hydrogens (tertiary/aromatic N) is 3. The molecule has 3 amide bonds. The molecule has 2 aliphatic heterocycles. The number of hydrogen-bond acceptors (Lipinski definition) is 5. The van der Waals surface area contributed by atoms with Gasteiger partial charge in [-0.05, 0) is 24.1 Å². The molecule has 0 radical (unpaired) electrons. The lowest BCUT2D eigenvalue weighted by molar-refractivity contribution is 0.0636. The molecular formula is C19H20N4O3S. The van der Waals surface area contributed by atoms with Crippen molar-refractivity contribution >= 4 is 35.3 Å². The average Bonchev–Trinajstić information content (AvgIpc) is 3.25. The van der Waals surface area contributed by atoms with E-state index in [-0.39, 0.29) is 23.6 Å². The van der Waals surface area contributed by atoms with Crippen LogP contribution in [0.5, 0.6) is 0 Å². The van der Waals surface area contributed by atoms with Crippen molar-refractivity contribution in [2.75, 3.05) is 11.9 Å². The summed E-state index contributed by atoms with van der Waals surface area (Å²) in [5, 5.41) is 7.34. The first kappa shape index (κ1) is 17.8. The SMILES string of the molecule is CC(C)CN1C(=O)c2ccc(C(=O)Nc3c4c(nn3C)CSC4)cc2C1=O. The number of thioether (sulfide) groups is 1. The maximum absolute atomic E-state index is 12.7. The van der Waals surface area contributed by atoms with Gasteiger partial charge in [0.25, 0.3) is 17.7 Å². The number of aryl methyl sites for hydroxylation is 1. The molecule has 140 valence electrons. The Morgan fingerprint density at radius 3 is 2.70 bits per heavy atom. The summed E-state index contributed by atoms with van der Waals surface area (Å²) in [7, 11) is 1.80. The van der Waals surface area contributed by atoms with Crippen LogP contribution in [0, 0.1) is 5.92 Å². The van der Waals surface area contributed by atoms with E-state index < -0.39 is 0 Å². The topological polar surface area (TPSA) is 84.3 Å². The number of anilines is 1. The molecule has 0 saturated heterocycles. The van der Waals surface area contributed by atoms with Gasteiger partial charge in [0.05, 0.1) is 16.8 Å². The van der Waals surface area contributed by atoms with Crippen molar-refractivity contribution in [3.8, 4) is 0 Å². The molecule has 0 saturated carbocycles. The Morgan fingerprint density at radius 1 is 1.22 bits per heavy atom. The van der Waals surface area contributed by atoms with E-state index in [1.807, 2.05) is 13.8 Å². The lowest BCUT2D eigenvalue weighted by atomic mass is 10.1. The third-order valence-electron chi connectivity index (χ3n) is 4.73. The van der Waals surface area contributed by atoms with Crippen molar-refractivity contribution in [1.82, 2.24) is 14.7 Å². The first-order valence-electron chi connectivity index (χ1n) is 8.81. The predicted octanol–water partition coefficient (Wildman–Crippen LogP) is 2.67. The van der Waals surface area contributed by atoms with E-state index >= 15 is 0 Å². The molecule has 1 aromatic heterocycles. The molecule has 27 heavy (non-hydrogen) atoms. The predicted molar refractivity (Wildman–Crippen MR) is 103 cm³/mol. The molecule has 0 bridgehead atoms. The summed E-state index contributed by atoms with van der Waals surface area (Å²) >= 11 is 1.76. The highest BCUT2D eigenvalue weighted by molar-refractivity contribution is 7.98. The first-order chi connectivity index (χ1) is 12.9. The number of carbonyl (C=O) groups excluding carboxylic acids is 3. The van der Waals surface area contributed by atoms with Crippen molar-refractivity contribution in [3.63, 3.8) is 0 Å². The molecule has 7 nitrogen and oxygen atoms in total. The van der Waals surface area contributed by atoms with Gasteiger partial charge in [-0.3, -0.25) is 24.0 Å². The number of amides is 3. The summed E-state index contributed by atoms with van der Waals surface area (Å²) in [6.07, 6.45) is 0. The van der Waals surface area contributed by atoms with E-state index in [4.69, 9.17) is 0 Å². The number of nitrogens with one attached hydrogen (secondary N) is 1. The fourth-order valence-electron chi connectivity index (χ4n) is 3.44. The van der Waals surface area contributed by atoms with Gasteiger partial charge in [0.2, 0.25) is 0 Å². The number of rotatable bonds is 4. The minimum atomic E-state index is -0.337. The maximum Gasteiger partial charge on any atom is 0.261 e. The minimum absolute atomic E-state index is 0.180. The second-order valence-corrected chi connectivity index (χ2v) is 8.21. The summed E-state index contributed by atoms with van der Waals surface area (Å²) in [5.41, 5.74) is 3.04. The van der Waals surface area contributed by atoms with Gasteiger partial charge in [-0.2, -0.15) is 16.9 Å². The van der Waals surface area contributed by atoms with E-state index in [1.54, 1.807) is 35.6 Å². The second-order valence-electron chi connectivity index (χ2n) is 7.22. The Kier molecular flexibility index (Phi) is 4.30. The third-order valence-corrected chi connectivity index (χ3v) is 5.70. The smallest absolute Gasteiger partial charge is 0.261 e. The van der Waals surface area contributed by atoms with Crippen molar-refractivity contribution < 1.29 is 14.4 Å². The molecule has 0 fully saturated rings. The quantitative estimate of drug-likeness (QED) is 0.820. The lowest BCUT2D eigenvalue weighted by Gasteiger charge is -2.15. The Morgan fingerprint density at radius 2 is 1.96 bits per heavy atom. The number of hydrogen-bond donors (Lipinski definition) is 1. The van der Waals surface area contributed by atoms with E-state index in [2.05, 4.69) is 10.4 Å². The van der Waals surface area contributed by atoms with Crippen molar-refractivity contribution in [2.45, 2.75) is 25.4 Å². The summed E-state index contributed by atoms with van der Waals surface area (Å²) in [4.78, 5) is 39.0. The maximum atomic E-state index is 12.7. The van der Waals surface area contributed by atoms with E-state index in [0.717, 1.165) is 22.8 Å². The number of carbonyl (C=O) groups is 3. The van der Waals surface area contributed by atoms with Gasteiger partial charge in [0, 0.05) is 36.2 Å². The number of imide groups is 1. The van der Waals surface area contributed by atoms with Crippen LogP contribution in [0.2, 0.25) is 0 Å². The molecular weight excluding hydrogens is 364 g/mol. The molecule has 0 unspecified atom stereocenters. The Hall–Kier alpha value is -2.61.